The molecule has 0 aromatic heterocycles. The lowest BCUT2D eigenvalue weighted by Crippen LogP contribution is -2.48. The minimum atomic E-state index is -0.437. The Hall–Kier alpha value is -0.810. The lowest BCUT2D eigenvalue weighted by Gasteiger charge is -2.36. The van der Waals surface area contributed by atoms with E-state index in [9.17, 15) is 4.79 Å². The van der Waals surface area contributed by atoms with Crippen molar-refractivity contribution in [2.45, 2.75) is 38.9 Å². The molecule has 0 spiro atoms. The molecule has 104 valence electrons. The number of likely N-dealkylation sites (tertiary alicyclic amines) is 1. The van der Waals surface area contributed by atoms with E-state index < -0.39 is 5.60 Å². The summed E-state index contributed by atoms with van der Waals surface area (Å²) in [7, 11) is 0. The third kappa shape index (κ3) is 2.95. The molecule has 0 aromatic rings. The molecule has 3 atom stereocenters. The fourth-order valence-electron chi connectivity index (χ4n) is 2.76. The number of amides is 1. The van der Waals surface area contributed by atoms with E-state index in [2.05, 4.69) is 0 Å². The van der Waals surface area contributed by atoms with Gasteiger partial charge in [-0.2, -0.15) is 0 Å². The fourth-order valence-corrected chi connectivity index (χ4v) is 2.76. The second-order valence-corrected chi connectivity index (χ2v) is 6.25. The molecule has 1 amide bonds. The van der Waals surface area contributed by atoms with Crippen LogP contribution in [0, 0.1) is 11.8 Å². The Morgan fingerprint density at radius 3 is 2.83 bits per heavy atom. The summed E-state index contributed by atoms with van der Waals surface area (Å²) in [5, 5.41) is 0. The first-order valence-electron chi connectivity index (χ1n) is 6.70. The Morgan fingerprint density at radius 1 is 1.50 bits per heavy atom. The molecular weight excluding hydrogens is 232 g/mol. The van der Waals surface area contributed by atoms with Crippen molar-refractivity contribution in [1.82, 2.24) is 4.90 Å². The second-order valence-electron chi connectivity index (χ2n) is 6.25. The van der Waals surface area contributed by atoms with Crippen LogP contribution >= 0.6 is 0 Å². The van der Waals surface area contributed by atoms with Gasteiger partial charge in [-0.05, 0) is 33.1 Å². The minimum absolute atomic E-state index is 0.0974. The zero-order valence-electron chi connectivity index (χ0n) is 11.5. The van der Waals surface area contributed by atoms with E-state index in [0.717, 1.165) is 19.6 Å². The number of hydrogen-bond donors (Lipinski definition) is 1. The van der Waals surface area contributed by atoms with Crippen LogP contribution in [0.4, 0.5) is 4.79 Å². The van der Waals surface area contributed by atoms with Crippen LogP contribution in [0.2, 0.25) is 0 Å². The van der Waals surface area contributed by atoms with Crippen LogP contribution in [0.5, 0.6) is 0 Å². The SMILES string of the molecule is CC(C)(C)OC(=O)N1CC[C@@H]2COC(CN)[C@H]2C1. The van der Waals surface area contributed by atoms with E-state index >= 15 is 0 Å². The lowest BCUT2D eigenvalue weighted by atomic mass is 9.85. The highest BCUT2D eigenvalue weighted by Crippen LogP contribution is 2.34. The van der Waals surface area contributed by atoms with E-state index in [1.165, 1.54) is 0 Å². The zero-order valence-corrected chi connectivity index (χ0v) is 11.5. The van der Waals surface area contributed by atoms with Crippen LogP contribution in [0.3, 0.4) is 0 Å². The van der Waals surface area contributed by atoms with E-state index in [4.69, 9.17) is 15.2 Å². The molecule has 2 N–H and O–H groups in total. The highest BCUT2D eigenvalue weighted by atomic mass is 16.6. The van der Waals surface area contributed by atoms with Crippen LogP contribution in [0.25, 0.3) is 0 Å². The van der Waals surface area contributed by atoms with Crippen molar-refractivity contribution in [3.63, 3.8) is 0 Å². The van der Waals surface area contributed by atoms with Gasteiger partial charge in [0.1, 0.15) is 5.60 Å². The van der Waals surface area contributed by atoms with Gasteiger partial charge in [-0.3, -0.25) is 0 Å². The van der Waals surface area contributed by atoms with Crippen molar-refractivity contribution in [2.24, 2.45) is 17.6 Å². The Bertz CT molecular complexity index is 308. The molecule has 0 bridgehead atoms. The molecule has 2 saturated heterocycles. The molecule has 0 radical (unpaired) electrons. The van der Waals surface area contributed by atoms with Crippen molar-refractivity contribution in [2.75, 3.05) is 26.2 Å². The molecule has 5 heteroatoms. The smallest absolute Gasteiger partial charge is 0.410 e. The first-order valence-corrected chi connectivity index (χ1v) is 6.70. The molecule has 2 rings (SSSR count). The van der Waals surface area contributed by atoms with Crippen LogP contribution in [-0.4, -0.2) is 48.9 Å². The van der Waals surface area contributed by atoms with Gasteiger partial charge in [0.05, 0.1) is 12.7 Å². The number of ether oxygens (including phenoxy) is 2. The monoisotopic (exact) mass is 256 g/mol. The largest absolute Gasteiger partial charge is 0.444 e. The van der Waals surface area contributed by atoms with E-state index in [1.807, 2.05) is 20.8 Å². The van der Waals surface area contributed by atoms with Crippen LogP contribution in [0.1, 0.15) is 27.2 Å². The van der Waals surface area contributed by atoms with Crippen molar-refractivity contribution in [3.8, 4) is 0 Å². The molecule has 18 heavy (non-hydrogen) atoms. The molecule has 2 fully saturated rings. The van der Waals surface area contributed by atoms with Gasteiger partial charge in [-0.15, -0.1) is 0 Å². The maximum atomic E-state index is 12.0. The van der Waals surface area contributed by atoms with Gasteiger partial charge >= 0.3 is 6.09 Å². The van der Waals surface area contributed by atoms with E-state index in [1.54, 1.807) is 4.90 Å². The summed E-state index contributed by atoms with van der Waals surface area (Å²) in [5.41, 5.74) is 5.27. The Morgan fingerprint density at radius 2 is 2.22 bits per heavy atom. The van der Waals surface area contributed by atoms with E-state index in [-0.39, 0.29) is 12.2 Å². The fraction of sp³-hybridized carbons (Fsp3) is 0.923. The van der Waals surface area contributed by atoms with Crippen molar-refractivity contribution in [3.05, 3.63) is 0 Å². The maximum absolute atomic E-state index is 12.0. The Labute approximate surface area is 109 Å². The van der Waals surface area contributed by atoms with Crippen LogP contribution in [0.15, 0.2) is 0 Å². The normalized spacial score (nSPS) is 32.2. The highest BCUT2D eigenvalue weighted by molar-refractivity contribution is 5.68. The van der Waals surface area contributed by atoms with Gasteiger partial charge < -0.3 is 20.1 Å². The number of hydrogen-bond acceptors (Lipinski definition) is 4. The topological polar surface area (TPSA) is 64.8 Å². The predicted molar refractivity (Wildman–Crippen MR) is 68.2 cm³/mol. The van der Waals surface area contributed by atoms with Gasteiger partial charge in [-0.1, -0.05) is 0 Å². The summed E-state index contributed by atoms with van der Waals surface area (Å²) in [6.45, 7) is 8.45. The number of rotatable bonds is 1. The van der Waals surface area contributed by atoms with Gasteiger partial charge in [0.15, 0.2) is 0 Å². The standard InChI is InChI=1S/C13H24N2O3/c1-13(2,3)18-12(16)15-5-4-9-8-17-11(6-14)10(9)7-15/h9-11H,4-8,14H2,1-3H3/t9-,10+,11?/m1/s1. The number of carbonyl (C=O) groups excluding carboxylic acids is 1. The Kier molecular flexibility index (Phi) is 3.82. The maximum Gasteiger partial charge on any atom is 0.410 e. The number of nitrogens with zero attached hydrogens (tertiary/aromatic N) is 1. The van der Waals surface area contributed by atoms with Gasteiger partial charge in [-0.25, -0.2) is 4.79 Å². The van der Waals surface area contributed by atoms with Gasteiger partial charge in [0.2, 0.25) is 0 Å². The summed E-state index contributed by atoms with van der Waals surface area (Å²) in [4.78, 5) is 13.8. The number of nitrogens with two attached hydrogens (primary N) is 1. The quantitative estimate of drug-likeness (QED) is 0.766. The molecule has 0 saturated carbocycles. The predicted octanol–water partition coefficient (Wildman–Crippen LogP) is 1.22. The van der Waals surface area contributed by atoms with Crippen molar-refractivity contribution >= 4 is 6.09 Å². The first kappa shape index (κ1) is 13.6. The second kappa shape index (κ2) is 5.05. The summed E-state index contributed by atoms with van der Waals surface area (Å²) in [5.74, 6) is 0.925. The Balaban J connectivity index is 1.94. The zero-order chi connectivity index (χ0) is 13.3. The molecule has 1 unspecified atom stereocenters. The van der Waals surface area contributed by atoms with Gasteiger partial charge in [0.25, 0.3) is 0 Å². The summed E-state index contributed by atoms with van der Waals surface area (Å²) < 4.78 is 11.1. The molecule has 0 aromatic carbocycles. The average molecular weight is 256 g/mol. The highest BCUT2D eigenvalue weighted by Gasteiger charge is 2.42. The number of carbonyl (C=O) groups is 1. The molecule has 2 aliphatic rings. The molecule has 5 nitrogen and oxygen atoms in total. The molecule has 0 aliphatic carbocycles. The number of fused-ring (bicyclic) bond motifs is 1. The minimum Gasteiger partial charge on any atom is -0.444 e. The molecule has 2 heterocycles. The van der Waals surface area contributed by atoms with Crippen molar-refractivity contribution in [1.29, 1.82) is 0 Å². The lowest BCUT2D eigenvalue weighted by molar-refractivity contribution is 0.0104. The first-order chi connectivity index (χ1) is 8.40. The van der Waals surface area contributed by atoms with E-state index in [0.29, 0.717) is 24.9 Å². The van der Waals surface area contributed by atoms with Gasteiger partial charge in [0, 0.05) is 25.6 Å². The summed E-state index contributed by atoms with van der Waals surface area (Å²) >= 11 is 0. The third-order valence-electron chi connectivity index (χ3n) is 3.69. The summed E-state index contributed by atoms with van der Waals surface area (Å²) in [6.07, 6.45) is 0.865. The van der Waals surface area contributed by atoms with Crippen LogP contribution < -0.4 is 5.73 Å². The molecular formula is C13H24N2O3. The third-order valence-corrected chi connectivity index (χ3v) is 3.69. The summed E-state index contributed by atoms with van der Waals surface area (Å²) in [6, 6.07) is 0. The van der Waals surface area contributed by atoms with Crippen molar-refractivity contribution < 1.29 is 14.3 Å². The van der Waals surface area contributed by atoms with Crippen LogP contribution in [-0.2, 0) is 9.47 Å². The molecule has 2 aliphatic heterocycles. The number of piperidine rings is 1. The average Bonchev–Trinajstić information content (AvgIpc) is 2.68.